The van der Waals surface area contributed by atoms with Crippen LogP contribution in [0.4, 0.5) is 0 Å². The van der Waals surface area contributed by atoms with Gasteiger partial charge in [0.05, 0.1) is 6.10 Å². The van der Waals surface area contributed by atoms with E-state index in [9.17, 15) is 4.79 Å². The number of hydrogen-bond donors (Lipinski definition) is 0. The number of hydrogen-bond acceptors (Lipinski definition) is 2. The lowest BCUT2D eigenvalue weighted by Gasteiger charge is -2.26. The van der Waals surface area contributed by atoms with E-state index < -0.39 is 0 Å². The SMILES string of the molecule is CCCc1ccc(C(=O)COC2CCCC(C)C2)cc1. The van der Waals surface area contributed by atoms with Crippen LogP contribution in [0.1, 0.15) is 61.9 Å². The lowest BCUT2D eigenvalue weighted by molar-refractivity contribution is 0.0182. The van der Waals surface area contributed by atoms with E-state index in [1.807, 2.05) is 12.1 Å². The van der Waals surface area contributed by atoms with E-state index in [1.54, 1.807) is 0 Å². The number of rotatable bonds is 6. The summed E-state index contributed by atoms with van der Waals surface area (Å²) in [7, 11) is 0. The average Bonchev–Trinajstić information content (AvgIpc) is 2.46. The molecule has 0 amide bonds. The molecule has 0 N–H and O–H groups in total. The summed E-state index contributed by atoms with van der Waals surface area (Å²) >= 11 is 0. The third-order valence-electron chi connectivity index (χ3n) is 4.15. The Morgan fingerprint density at radius 1 is 1.25 bits per heavy atom. The number of ether oxygens (including phenoxy) is 1. The second kappa shape index (κ2) is 7.58. The van der Waals surface area contributed by atoms with Crippen LogP contribution in [0.5, 0.6) is 0 Å². The van der Waals surface area contributed by atoms with Gasteiger partial charge in [-0.1, -0.05) is 57.4 Å². The number of carbonyl (C=O) groups is 1. The van der Waals surface area contributed by atoms with E-state index >= 15 is 0 Å². The first-order valence-corrected chi connectivity index (χ1v) is 7.92. The van der Waals surface area contributed by atoms with Crippen LogP contribution >= 0.6 is 0 Å². The Hall–Kier alpha value is -1.15. The first-order chi connectivity index (χ1) is 9.69. The Bertz CT molecular complexity index is 422. The van der Waals surface area contributed by atoms with Crippen molar-refractivity contribution >= 4 is 5.78 Å². The van der Waals surface area contributed by atoms with Gasteiger partial charge in [0.15, 0.2) is 5.78 Å². The molecule has 2 unspecified atom stereocenters. The molecular weight excluding hydrogens is 248 g/mol. The lowest BCUT2D eigenvalue weighted by Crippen LogP contribution is -2.24. The third-order valence-corrected chi connectivity index (χ3v) is 4.15. The molecule has 20 heavy (non-hydrogen) atoms. The van der Waals surface area contributed by atoms with Gasteiger partial charge in [0.2, 0.25) is 0 Å². The molecule has 0 bridgehead atoms. The van der Waals surface area contributed by atoms with Crippen molar-refractivity contribution in [2.45, 2.75) is 58.5 Å². The monoisotopic (exact) mass is 274 g/mol. The minimum absolute atomic E-state index is 0.103. The number of aryl methyl sites for hydroxylation is 1. The smallest absolute Gasteiger partial charge is 0.188 e. The van der Waals surface area contributed by atoms with Crippen molar-refractivity contribution in [2.75, 3.05) is 6.61 Å². The van der Waals surface area contributed by atoms with Gasteiger partial charge in [0.1, 0.15) is 6.61 Å². The topological polar surface area (TPSA) is 26.3 Å². The Morgan fingerprint density at radius 2 is 2.00 bits per heavy atom. The molecule has 2 atom stereocenters. The predicted molar refractivity (Wildman–Crippen MR) is 82.1 cm³/mol. The van der Waals surface area contributed by atoms with Crippen molar-refractivity contribution < 1.29 is 9.53 Å². The largest absolute Gasteiger partial charge is 0.370 e. The van der Waals surface area contributed by atoms with Crippen LogP contribution in [0.2, 0.25) is 0 Å². The maximum Gasteiger partial charge on any atom is 0.188 e. The van der Waals surface area contributed by atoms with Crippen molar-refractivity contribution in [3.8, 4) is 0 Å². The zero-order valence-electron chi connectivity index (χ0n) is 12.7. The number of benzene rings is 1. The Labute approximate surface area is 122 Å². The van der Waals surface area contributed by atoms with Gasteiger partial charge in [0.25, 0.3) is 0 Å². The average molecular weight is 274 g/mol. The molecule has 2 rings (SSSR count). The van der Waals surface area contributed by atoms with Gasteiger partial charge in [0, 0.05) is 5.56 Å². The van der Waals surface area contributed by atoms with Crippen molar-refractivity contribution in [1.82, 2.24) is 0 Å². The van der Waals surface area contributed by atoms with Gasteiger partial charge in [-0.3, -0.25) is 4.79 Å². The molecule has 1 fully saturated rings. The van der Waals surface area contributed by atoms with Gasteiger partial charge in [-0.15, -0.1) is 0 Å². The fraction of sp³-hybridized carbons (Fsp3) is 0.611. The molecule has 1 aromatic carbocycles. The first-order valence-electron chi connectivity index (χ1n) is 7.92. The van der Waals surface area contributed by atoms with E-state index in [-0.39, 0.29) is 18.5 Å². The highest BCUT2D eigenvalue weighted by Gasteiger charge is 2.20. The summed E-state index contributed by atoms with van der Waals surface area (Å²) in [6, 6.07) is 7.97. The van der Waals surface area contributed by atoms with Crippen LogP contribution in [0.3, 0.4) is 0 Å². The molecule has 0 spiro atoms. The van der Waals surface area contributed by atoms with Gasteiger partial charge in [-0.05, 0) is 30.7 Å². The lowest BCUT2D eigenvalue weighted by atomic mass is 9.89. The van der Waals surface area contributed by atoms with Crippen molar-refractivity contribution in [1.29, 1.82) is 0 Å². The summed E-state index contributed by atoms with van der Waals surface area (Å²) in [4.78, 5) is 12.1. The summed E-state index contributed by atoms with van der Waals surface area (Å²) in [5.74, 6) is 0.837. The zero-order valence-corrected chi connectivity index (χ0v) is 12.7. The van der Waals surface area contributed by atoms with Crippen LogP contribution in [0.25, 0.3) is 0 Å². The molecule has 110 valence electrons. The van der Waals surface area contributed by atoms with Crippen LogP contribution in [-0.2, 0) is 11.2 Å². The highest BCUT2D eigenvalue weighted by molar-refractivity contribution is 5.97. The van der Waals surface area contributed by atoms with E-state index in [0.717, 1.165) is 37.2 Å². The maximum absolute atomic E-state index is 12.1. The molecule has 0 aromatic heterocycles. The van der Waals surface area contributed by atoms with Crippen LogP contribution < -0.4 is 0 Å². The Morgan fingerprint density at radius 3 is 2.65 bits per heavy atom. The summed E-state index contributed by atoms with van der Waals surface area (Å²) in [6.45, 7) is 4.66. The van der Waals surface area contributed by atoms with E-state index in [1.165, 1.54) is 18.4 Å². The molecule has 2 nitrogen and oxygen atoms in total. The molecule has 0 saturated heterocycles. The summed E-state index contributed by atoms with van der Waals surface area (Å²) in [5.41, 5.74) is 2.07. The second-order valence-electron chi connectivity index (χ2n) is 6.07. The van der Waals surface area contributed by atoms with Crippen LogP contribution in [0, 0.1) is 5.92 Å². The van der Waals surface area contributed by atoms with Crippen LogP contribution in [0.15, 0.2) is 24.3 Å². The predicted octanol–water partition coefficient (Wildman–Crippen LogP) is 4.42. The molecule has 1 saturated carbocycles. The normalized spacial score (nSPS) is 22.7. The minimum Gasteiger partial charge on any atom is -0.370 e. The van der Waals surface area contributed by atoms with Crippen molar-refractivity contribution in [3.05, 3.63) is 35.4 Å². The summed E-state index contributed by atoms with van der Waals surface area (Å²) < 4.78 is 5.80. The quantitative estimate of drug-likeness (QED) is 0.718. The van der Waals surface area contributed by atoms with Gasteiger partial charge < -0.3 is 4.74 Å². The summed E-state index contributed by atoms with van der Waals surface area (Å²) in [5, 5.41) is 0. The fourth-order valence-corrected chi connectivity index (χ4v) is 2.95. The van der Waals surface area contributed by atoms with E-state index in [4.69, 9.17) is 4.74 Å². The van der Waals surface area contributed by atoms with Crippen molar-refractivity contribution in [2.24, 2.45) is 5.92 Å². The summed E-state index contributed by atoms with van der Waals surface area (Å²) in [6.07, 6.45) is 7.22. The first kappa shape index (κ1) is 15.2. The van der Waals surface area contributed by atoms with Gasteiger partial charge >= 0.3 is 0 Å². The third kappa shape index (κ3) is 4.45. The Kier molecular flexibility index (Phi) is 5.78. The molecule has 0 heterocycles. The number of ketones is 1. The molecule has 0 aliphatic heterocycles. The van der Waals surface area contributed by atoms with Crippen LogP contribution in [-0.4, -0.2) is 18.5 Å². The van der Waals surface area contributed by atoms with Gasteiger partial charge in [-0.25, -0.2) is 0 Å². The number of carbonyl (C=O) groups excluding carboxylic acids is 1. The molecule has 1 aliphatic rings. The van der Waals surface area contributed by atoms with Gasteiger partial charge in [-0.2, -0.15) is 0 Å². The highest BCUT2D eigenvalue weighted by Crippen LogP contribution is 2.25. The molecule has 1 aliphatic carbocycles. The molecule has 2 heteroatoms. The Balaban J connectivity index is 1.82. The standard InChI is InChI=1S/C18H26O2/c1-3-5-15-8-10-16(11-9-15)18(19)13-20-17-7-4-6-14(2)12-17/h8-11,14,17H,3-7,12-13H2,1-2H3. The fourth-order valence-electron chi connectivity index (χ4n) is 2.95. The second-order valence-corrected chi connectivity index (χ2v) is 6.07. The number of Topliss-reactive ketones (excluding diaryl/α,β-unsaturated/α-hetero) is 1. The molecule has 0 radical (unpaired) electrons. The molecular formula is C18H26O2. The van der Waals surface area contributed by atoms with Crippen molar-refractivity contribution in [3.63, 3.8) is 0 Å². The maximum atomic E-state index is 12.1. The zero-order chi connectivity index (χ0) is 14.4. The van der Waals surface area contributed by atoms with E-state index in [0.29, 0.717) is 0 Å². The molecule has 1 aromatic rings. The highest BCUT2D eigenvalue weighted by atomic mass is 16.5. The minimum atomic E-state index is 0.103. The van der Waals surface area contributed by atoms with E-state index in [2.05, 4.69) is 26.0 Å².